The van der Waals surface area contributed by atoms with Crippen LogP contribution in [-0.2, 0) is 4.79 Å². The van der Waals surface area contributed by atoms with Gasteiger partial charge >= 0.3 is 0 Å². The largest absolute Gasteiger partial charge is 0.487 e. The molecular weight excluding hydrogens is 376 g/mol. The van der Waals surface area contributed by atoms with Crippen molar-refractivity contribution < 1.29 is 14.3 Å². The number of ether oxygens (including phenoxy) is 1. The van der Waals surface area contributed by atoms with E-state index in [-0.39, 0.29) is 24.0 Å². The van der Waals surface area contributed by atoms with Gasteiger partial charge in [0.25, 0.3) is 5.91 Å². The maximum absolute atomic E-state index is 13.2. The molecule has 1 fully saturated rings. The molecule has 2 amide bonds. The Balaban J connectivity index is 1.93. The highest BCUT2D eigenvalue weighted by Gasteiger charge is 2.35. The topological polar surface area (TPSA) is 49.9 Å². The first-order valence-electron chi connectivity index (χ1n) is 11.9. The van der Waals surface area contributed by atoms with Crippen LogP contribution in [0.15, 0.2) is 24.3 Å². The molecule has 2 aliphatic rings. The van der Waals surface area contributed by atoms with E-state index in [9.17, 15) is 9.59 Å². The molecule has 1 aliphatic heterocycles. The molecule has 0 radical (unpaired) electrons. The van der Waals surface area contributed by atoms with E-state index in [4.69, 9.17) is 4.74 Å². The maximum Gasteiger partial charge on any atom is 0.257 e. The van der Waals surface area contributed by atoms with E-state index >= 15 is 0 Å². The molecule has 1 heterocycles. The quantitative estimate of drug-likeness (QED) is 0.707. The van der Waals surface area contributed by atoms with E-state index in [0.717, 1.165) is 58.0 Å². The standard InChI is InChI=1S/C25H38N2O3/c1-4-26-16-10-5-11-17-27(24(28)18-19(2)3)21-13-7-9-15-23(21)30-22-14-8-6-12-20(22)25(26)29/h6,8,12,14,19,21,23H,4-5,7,9-11,13,15-18H2,1-3H3/t21-,23+/m1/s1. The summed E-state index contributed by atoms with van der Waals surface area (Å²) >= 11 is 0. The number of nitrogens with zero attached hydrogens (tertiary/aromatic N) is 2. The van der Waals surface area contributed by atoms with Crippen molar-refractivity contribution in [3.63, 3.8) is 0 Å². The van der Waals surface area contributed by atoms with Crippen molar-refractivity contribution in [2.75, 3.05) is 19.6 Å². The van der Waals surface area contributed by atoms with Crippen LogP contribution < -0.4 is 4.74 Å². The number of para-hydroxylation sites is 1. The number of rotatable bonds is 3. The van der Waals surface area contributed by atoms with Crippen molar-refractivity contribution in [3.05, 3.63) is 29.8 Å². The summed E-state index contributed by atoms with van der Waals surface area (Å²) in [5.74, 6) is 1.31. The zero-order valence-electron chi connectivity index (χ0n) is 18.9. The lowest BCUT2D eigenvalue weighted by Crippen LogP contribution is -2.51. The van der Waals surface area contributed by atoms with Gasteiger partial charge in [-0.15, -0.1) is 0 Å². The smallest absolute Gasteiger partial charge is 0.257 e. The van der Waals surface area contributed by atoms with E-state index < -0.39 is 0 Å². The molecule has 0 bridgehead atoms. The molecular formula is C25H38N2O3. The minimum Gasteiger partial charge on any atom is -0.487 e. The van der Waals surface area contributed by atoms with Crippen molar-refractivity contribution in [2.45, 2.75) is 84.3 Å². The second kappa shape index (κ2) is 10.8. The monoisotopic (exact) mass is 414 g/mol. The number of amides is 2. The Morgan fingerprint density at radius 3 is 2.57 bits per heavy atom. The maximum atomic E-state index is 13.2. The van der Waals surface area contributed by atoms with Crippen molar-refractivity contribution in [2.24, 2.45) is 5.92 Å². The van der Waals surface area contributed by atoms with Gasteiger partial charge in [0, 0.05) is 26.1 Å². The minimum atomic E-state index is -0.0559. The molecule has 1 aromatic rings. The fourth-order valence-corrected chi connectivity index (χ4v) is 4.76. The van der Waals surface area contributed by atoms with Crippen LogP contribution in [0.5, 0.6) is 5.75 Å². The van der Waals surface area contributed by atoms with Gasteiger partial charge in [0.1, 0.15) is 11.9 Å². The van der Waals surface area contributed by atoms with Gasteiger partial charge in [-0.25, -0.2) is 0 Å². The lowest BCUT2D eigenvalue weighted by molar-refractivity contribution is -0.137. The molecule has 0 N–H and O–H groups in total. The number of hydrogen-bond donors (Lipinski definition) is 0. The second-order valence-corrected chi connectivity index (χ2v) is 9.13. The molecule has 0 aromatic heterocycles. The number of fused-ring (bicyclic) bond motifs is 2. The Bertz CT molecular complexity index is 718. The van der Waals surface area contributed by atoms with Crippen LogP contribution in [0.3, 0.4) is 0 Å². The van der Waals surface area contributed by atoms with E-state index in [0.29, 0.717) is 30.2 Å². The zero-order chi connectivity index (χ0) is 21.5. The molecule has 5 heteroatoms. The Morgan fingerprint density at radius 1 is 1.07 bits per heavy atom. The second-order valence-electron chi connectivity index (χ2n) is 9.13. The molecule has 166 valence electrons. The van der Waals surface area contributed by atoms with E-state index in [1.807, 2.05) is 36.1 Å². The lowest BCUT2D eigenvalue weighted by Gasteiger charge is -2.40. The van der Waals surface area contributed by atoms with Gasteiger partial charge in [-0.05, 0) is 63.5 Å². The molecule has 1 aliphatic carbocycles. The third kappa shape index (κ3) is 5.55. The summed E-state index contributed by atoms with van der Waals surface area (Å²) in [4.78, 5) is 30.4. The van der Waals surface area contributed by atoms with Crippen LogP contribution in [0.4, 0.5) is 0 Å². The average Bonchev–Trinajstić information content (AvgIpc) is 2.74. The molecule has 3 rings (SSSR count). The zero-order valence-corrected chi connectivity index (χ0v) is 18.9. The molecule has 0 spiro atoms. The van der Waals surface area contributed by atoms with Crippen LogP contribution in [0.25, 0.3) is 0 Å². The first kappa shape index (κ1) is 22.6. The van der Waals surface area contributed by atoms with Crippen LogP contribution in [0, 0.1) is 5.92 Å². The van der Waals surface area contributed by atoms with E-state index in [2.05, 4.69) is 18.7 Å². The summed E-state index contributed by atoms with van der Waals surface area (Å²) in [5.41, 5.74) is 0.642. The predicted molar refractivity (Wildman–Crippen MR) is 120 cm³/mol. The number of carbonyl (C=O) groups excluding carboxylic acids is 2. The SMILES string of the molecule is CCN1CCCCCN(C(=O)CC(C)C)[C@@H]2CCCC[C@@H]2Oc2ccccc2C1=O. The fourth-order valence-electron chi connectivity index (χ4n) is 4.76. The highest BCUT2D eigenvalue weighted by molar-refractivity contribution is 5.97. The first-order valence-corrected chi connectivity index (χ1v) is 11.9. The average molecular weight is 415 g/mol. The molecule has 30 heavy (non-hydrogen) atoms. The number of hydrogen-bond acceptors (Lipinski definition) is 3. The van der Waals surface area contributed by atoms with E-state index in [1.54, 1.807) is 0 Å². The molecule has 2 atom stereocenters. The third-order valence-electron chi connectivity index (χ3n) is 6.36. The van der Waals surface area contributed by atoms with Crippen molar-refractivity contribution in [1.82, 2.24) is 9.80 Å². The molecule has 1 aromatic carbocycles. The summed E-state index contributed by atoms with van der Waals surface area (Å²) in [6.07, 6.45) is 7.62. The minimum absolute atomic E-state index is 0.0486. The summed E-state index contributed by atoms with van der Waals surface area (Å²) in [6.45, 7) is 8.47. The molecule has 0 saturated heterocycles. The summed E-state index contributed by atoms with van der Waals surface area (Å²) < 4.78 is 6.52. The van der Waals surface area contributed by atoms with Crippen LogP contribution in [0.2, 0.25) is 0 Å². The summed E-state index contributed by atoms with van der Waals surface area (Å²) in [6, 6.07) is 7.71. The molecule has 0 unspecified atom stereocenters. The van der Waals surface area contributed by atoms with Crippen molar-refractivity contribution in [3.8, 4) is 5.75 Å². The Kier molecular flexibility index (Phi) is 8.17. The predicted octanol–water partition coefficient (Wildman–Crippen LogP) is 4.90. The summed E-state index contributed by atoms with van der Waals surface area (Å²) in [7, 11) is 0. The van der Waals surface area contributed by atoms with Gasteiger partial charge in [0.05, 0.1) is 11.6 Å². The van der Waals surface area contributed by atoms with E-state index in [1.165, 1.54) is 0 Å². The highest BCUT2D eigenvalue weighted by atomic mass is 16.5. The van der Waals surface area contributed by atoms with Gasteiger partial charge < -0.3 is 14.5 Å². The molecule has 1 saturated carbocycles. The third-order valence-corrected chi connectivity index (χ3v) is 6.36. The Hall–Kier alpha value is -2.04. The van der Waals surface area contributed by atoms with Crippen LogP contribution in [0.1, 0.15) is 82.5 Å². The fraction of sp³-hybridized carbons (Fsp3) is 0.680. The van der Waals surface area contributed by atoms with Gasteiger partial charge in [0.15, 0.2) is 0 Å². The van der Waals surface area contributed by atoms with Crippen LogP contribution >= 0.6 is 0 Å². The van der Waals surface area contributed by atoms with Gasteiger partial charge in [-0.3, -0.25) is 9.59 Å². The summed E-state index contributed by atoms with van der Waals surface area (Å²) in [5, 5.41) is 0. The Labute approximate surface area is 181 Å². The normalized spacial score (nSPS) is 23.5. The number of benzene rings is 1. The van der Waals surface area contributed by atoms with Crippen molar-refractivity contribution >= 4 is 11.8 Å². The van der Waals surface area contributed by atoms with Gasteiger partial charge in [-0.2, -0.15) is 0 Å². The Morgan fingerprint density at radius 2 is 1.80 bits per heavy atom. The number of carbonyl (C=O) groups is 2. The lowest BCUT2D eigenvalue weighted by atomic mass is 9.90. The van der Waals surface area contributed by atoms with Gasteiger partial charge in [0.2, 0.25) is 5.91 Å². The van der Waals surface area contributed by atoms with Crippen molar-refractivity contribution in [1.29, 1.82) is 0 Å². The highest BCUT2D eigenvalue weighted by Crippen LogP contribution is 2.31. The van der Waals surface area contributed by atoms with Crippen LogP contribution in [-0.4, -0.2) is 53.4 Å². The molecule has 5 nitrogen and oxygen atoms in total. The first-order chi connectivity index (χ1) is 14.5. The van der Waals surface area contributed by atoms with Gasteiger partial charge in [-0.1, -0.05) is 32.4 Å².